The van der Waals surface area contributed by atoms with Crippen LogP contribution < -0.4 is 5.73 Å². The number of rotatable bonds is 3. The molecule has 1 heterocycles. The van der Waals surface area contributed by atoms with E-state index in [9.17, 15) is 8.78 Å². The van der Waals surface area contributed by atoms with Crippen molar-refractivity contribution in [3.63, 3.8) is 0 Å². The highest BCUT2D eigenvalue weighted by Crippen LogP contribution is 2.27. The zero-order valence-corrected chi connectivity index (χ0v) is 9.85. The van der Waals surface area contributed by atoms with Gasteiger partial charge in [-0.3, -0.25) is 0 Å². The molecular formula is C12H15F2N3. The summed E-state index contributed by atoms with van der Waals surface area (Å²) in [6.45, 7) is 4.32. The summed E-state index contributed by atoms with van der Waals surface area (Å²) in [4.78, 5) is 7.14. The van der Waals surface area contributed by atoms with Crippen molar-refractivity contribution >= 4 is 11.0 Å². The van der Waals surface area contributed by atoms with Crippen molar-refractivity contribution in [2.75, 3.05) is 6.54 Å². The molecule has 1 atom stereocenters. The molecule has 0 saturated heterocycles. The number of hydrogen-bond donors (Lipinski definition) is 2. The zero-order chi connectivity index (χ0) is 12.6. The van der Waals surface area contributed by atoms with E-state index in [0.717, 1.165) is 12.5 Å². The number of aromatic amines is 1. The molecule has 3 N–H and O–H groups in total. The molecule has 0 amide bonds. The molecule has 0 fully saturated rings. The first-order chi connectivity index (χ1) is 8.00. The standard InChI is InChI=1S/C12H15F2N3/c1-3-12(2,6-15)11-16-9-5-7(13)4-8(14)10(9)17-11/h4-5H,3,6,15H2,1-2H3,(H,16,17). The van der Waals surface area contributed by atoms with Gasteiger partial charge in [0, 0.05) is 18.0 Å². The van der Waals surface area contributed by atoms with Crippen molar-refractivity contribution in [2.45, 2.75) is 25.7 Å². The van der Waals surface area contributed by atoms with Gasteiger partial charge >= 0.3 is 0 Å². The monoisotopic (exact) mass is 239 g/mol. The van der Waals surface area contributed by atoms with Crippen LogP contribution in [0.15, 0.2) is 12.1 Å². The van der Waals surface area contributed by atoms with Gasteiger partial charge in [-0.15, -0.1) is 0 Å². The maximum absolute atomic E-state index is 13.5. The van der Waals surface area contributed by atoms with E-state index >= 15 is 0 Å². The summed E-state index contributed by atoms with van der Waals surface area (Å²) in [7, 11) is 0. The van der Waals surface area contributed by atoms with Gasteiger partial charge in [-0.05, 0) is 12.5 Å². The largest absolute Gasteiger partial charge is 0.341 e. The number of nitrogens with one attached hydrogen (secondary N) is 1. The molecule has 2 rings (SSSR count). The van der Waals surface area contributed by atoms with Crippen molar-refractivity contribution in [3.05, 3.63) is 29.6 Å². The lowest BCUT2D eigenvalue weighted by Crippen LogP contribution is -2.32. The SMILES string of the molecule is CCC(C)(CN)c1nc2c(F)cc(F)cc2[nH]1. The Kier molecular flexibility index (Phi) is 2.87. The van der Waals surface area contributed by atoms with E-state index in [2.05, 4.69) is 9.97 Å². The molecule has 5 heteroatoms. The smallest absolute Gasteiger partial charge is 0.153 e. The third kappa shape index (κ3) is 1.91. The van der Waals surface area contributed by atoms with Crippen LogP contribution in [0.5, 0.6) is 0 Å². The summed E-state index contributed by atoms with van der Waals surface area (Å²) < 4.78 is 26.6. The summed E-state index contributed by atoms with van der Waals surface area (Å²) >= 11 is 0. The van der Waals surface area contributed by atoms with Crippen LogP contribution >= 0.6 is 0 Å². The maximum atomic E-state index is 13.5. The molecule has 2 aromatic rings. The lowest BCUT2D eigenvalue weighted by atomic mass is 9.87. The number of aromatic nitrogens is 2. The summed E-state index contributed by atoms with van der Waals surface area (Å²) in [6, 6.07) is 2.07. The first-order valence-corrected chi connectivity index (χ1v) is 5.55. The van der Waals surface area contributed by atoms with Crippen LogP contribution in [0.1, 0.15) is 26.1 Å². The molecule has 1 aromatic heterocycles. The van der Waals surface area contributed by atoms with Gasteiger partial charge in [0.15, 0.2) is 5.82 Å². The summed E-state index contributed by atoms with van der Waals surface area (Å²) in [6.07, 6.45) is 0.771. The minimum absolute atomic E-state index is 0.162. The van der Waals surface area contributed by atoms with Crippen molar-refractivity contribution in [1.29, 1.82) is 0 Å². The highest BCUT2D eigenvalue weighted by atomic mass is 19.1. The summed E-state index contributed by atoms with van der Waals surface area (Å²) in [5.74, 6) is -0.670. The summed E-state index contributed by atoms with van der Waals surface area (Å²) in [5, 5.41) is 0. The highest BCUT2D eigenvalue weighted by Gasteiger charge is 2.27. The van der Waals surface area contributed by atoms with Crippen LogP contribution in [0.2, 0.25) is 0 Å². The zero-order valence-electron chi connectivity index (χ0n) is 9.85. The van der Waals surface area contributed by atoms with Gasteiger partial charge in [-0.1, -0.05) is 13.8 Å². The predicted octanol–water partition coefficient (Wildman–Crippen LogP) is 2.47. The molecule has 0 aliphatic heterocycles. The Labute approximate surface area is 98.0 Å². The number of nitrogens with zero attached hydrogens (tertiary/aromatic N) is 1. The van der Waals surface area contributed by atoms with Crippen LogP contribution in [0.3, 0.4) is 0 Å². The molecule has 0 aliphatic carbocycles. The van der Waals surface area contributed by atoms with E-state index in [0.29, 0.717) is 17.9 Å². The fourth-order valence-electron chi connectivity index (χ4n) is 1.74. The topological polar surface area (TPSA) is 54.7 Å². The minimum Gasteiger partial charge on any atom is -0.341 e. The number of H-pyrrole nitrogens is 1. The lowest BCUT2D eigenvalue weighted by Gasteiger charge is -2.23. The van der Waals surface area contributed by atoms with Gasteiger partial charge in [-0.2, -0.15) is 0 Å². The van der Waals surface area contributed by atoms with Gasteiger partial charge in [0.2, 0.25) is 0 Å². The Bertz CT molecular complexity index is 544. The molecule has 0 bridgehead atoms. The average Bonchev–Trinajstić information content (AvgIpc) is 2.72. The molecule has 92 valence electrons. The Hall–Kier alpha value is -1.49. The number of halogens is 2. The Morgan fingerprint density at radius 3 is 2.71 bits per heavy atom. The fourth-order valence-corrected chi connectivity index (χ4v) is 1.74. The van der Waals surface area contributed by atoms with Gasteiger partial charge in [-0.25, -0.2) is 13.8 Å². The lowest BCUT2D eigenvalue weighted by molar-refractivity contribution is 0.443. The quantitative estimate of drug-likeness (QED) is 0.864. The first-order valence-electron chi connectivity index (χ1n) is 5.55. The van der Waals surface area contributed by atoms with Crippen molar-refractivity contribution < 1.29 is 8.78 Å². The maximum Gasteiger partial charge on any atom is 0.153 e. The van der Waals surface area contributed by atoms with Gasteiger partial charge in [0.1, 0.15) is 17.2 Å². The van der Waals surface area contributed by atoms with Crippen LogP contribution in [-0.2, 0) is 5.41 Å². The highest BCUT2D eigenvalue weighted by molar-refractivity contribution is 5.76. The normalized spacial score (nSPS) is 15.1. The second kappa shape index (κ2) is 4.07. The van der Waals surface area contributed by atoms with E-state index in [4.69, 9.17) is 5.73 Å². The number of fused-ring (bicyclic) bond motifs is 1. The fraction of sp³-hybridized carbons (Fsp3) is 0.417. The number of hydrogen-bond acceptors (Lipinski definition) is 2. The molecule has 0 radical (unpaired) electrons. The predicted molar refractivity (Wildman–Crippen MR) is 62.7 cm³/mol. The van der Waals surface area contributed by atoms with Crippen LogP contribution in [0, 0.1) is 11.6 Å². The van der Waals surface area contributed by atoms with Crippen LogP contribution in [0.25, 0.3) is 11.0 Å². The number of nitrogens with two attached hydrogens (primary N) is 1. The van der Waals surface area contributed by atoms with Crippen molar-refractivity contribution in [1.82, 2.24) is 9.97 Å². The Morgan fingerprint density at radius 1 is 1.41 bits per heavy atom. The third-order valence-electron chi connectivity index (χ3n) is 3.31. The molecule has 0 saturated carbocycles. The third-order valence-corrected chi connectivity index (χ3v) is 3.31. The molecule has 0 aliphatic rings. The van der Waals surface area contributed by atoms with Crippen molar-refractivity contribution in [2.24, 2.45) is 5.73 Å². The second-order valence-electron chi connectivity index (χ2n) is 4.49. The summed E-state index contributed by atoms with van der Waals surface area (Å²) in [5.41, 5.74) is 5.89. The average molecular weight is 239 g/mol. The number of imidazole rings is 1. The molecule has 1 unspecified atom stereocenters. The Balaban J connectivity index is 2.62. The molecule has 3 nitrogen and oxygen atoms in total. The van der Waals surface area contributed by atoms with Gasteiger partial charge in [0.25, 0.3) is 0 Å². The minimum atomic E-state index is -0.655. The van der Waals surface area contributed by atoms with E-state index in [1.165, 1.54) is 6.07 Å². The van der Waals surface area contributed by atoms with Gasteiger partial charge in [0.05, 0.1) is 5.52 Å². The second-order valence-corrected chi connectivity index (χ2v) is 4.49. The molecular weight excluding hydrogens is 224 g/mol. The van der Waals surface area contributed by atoms with E-state index < -0.39 is 11.6 Å². The van der Waals surface area contributed by atoms with E-state index in [1.54, 1.807) is 0 Å². The van der Waals surface area contributed by atoms with Gasteiger partial charge < -0.3 is 10.7 Å². The molecule has 0 spiro atoms. The van der Waals surface area contributed by atoms with Crippen LogP contribution in [0.4, 0.5) is 8.78 Å². The van der Waals surface area contributed by atoms with Crippen molar-refractivity contribution in [3.8, 4) is 0 Å². The van der Waals surface area contributed by atoms with E-state index in [-0.39, 0.29) is 10.9 Å². The van der Waals surface area contributed by atoms with E-state index in [1.807, 2.05) is 13.8 Å². The Morgan fingerprint density at radius 2 is 2.12 bits per heavy atom. The molecule has 1 aromatic carbocycles. The number of benzene rings is 1. The van der Waals surface area contributed by atoms with Crippen LogP contribution in [-0.4, -0.2) is 16.5 Å². The first kappa shape index (κ1) is 12.0. The molecule has 17 heavy (non-hydrogen) atoms.